The minimum absolute atomic E-state index is 0.720. The Kier molecular flexibility index (Phi) is 4.36. The lowest BCUT2D eigenvalue weighted by atomic mass is 10.2. The van der Waals surface area contributed by atoms with Gasteiger partial charge in [-0.05, 0) is 31.0 Å². The van der Waals surface area contributed by atoms with Crippen molar-refractivity contribution in [1.29, 1.82) is 0 Å². The van der Waals surface area contributed by atoms with Crippen LogP contribution in [-0.4, -0.2) is 18.3 Å². The van der Waals surface area contributed by atoms with Gasteiger partial charge in [-0.15, -0.1) is 0 Å². The van der Waals surface area contributed by atoms with Gasteiger partial charge in [0.2, 0.25) is 0 Å². The van der Waals surface area contributed by atoms with Crippen molar-refractivity contribution in [1.82, 2.24) is 5.32 Å². The molecule has 0 spiro atoms. The molecule has 0 saturated carbocycles. The highest BCUT2D eigenvalue weighted by molar-refractivity contribution is 7.98. The van der Waals surface area contributed by atoms with Gasteiger partial charge in [0.15, 0.2) is 0 Å². The van der Waals surface area contributed by atoms with Gasteiger partial charge in [0, 0.05) is 22.6 Å². The second-order valence-electron chi connectivity index (χ2n) is 3.90. The molecule has 3 heteroatoms. The Hall–Kier alpha value is -0.180. The minimum atomic E-state index is 0.720. The van der Waals surface area contributed by atoms with Crippen LogP contribution in [0.3, 0.4) is 0 Å². The fraction of sp³-hybridized carbons (Fsp3) is 0.500. The van der Waals surface area contributed by atoms with Crippen LogP contribution in [0.15, 0.2) is 24.3 Å². The fourth-order valence-electron chi connectivity index (χ4n) is 1.83. The average Bonchev–Trinajstić information content (AvgIpc) is 2.74. The molecule has 1 fully saturated rings. The third-order valence-electron chi connectivity index (χ3n) is 2.70. The van der Waals surface area contributed by atoms with Gasteiger partial charge in [0.1, 0.15) is 0 Å². The maximum atomic E-state index is 6.09. The number of hydrogen-bond donors (Lipinski definition) is 1. The quantitative estimate of drug-likeness (QED) is 0.868. The molecule has 1 nitrogen and oxygen atoms in total. The maximum absolute atomic E-state index is 6.09. The molecule has 15 heavy (non-hydrogen) atoms. The van der Waals surface area contributed by atoms with Crippen LogP contribution in [0, 0.1) is 0 Å². The van der Waals surface area contributed by atoms with E-state index in [1.807, 2.05) is 23.9 Å². The summed E-state index contributed by atoms with van der Waals surface area (Å²) in [4.78, 5) is 0. The van der Waals surface area contributed by atoms with Crippen molar-refractivity contribution >= 4 is 23.4 Å². The summed E-state index contributed by atoms with van der Waals surface area (Å²) < 4.78 is 0. The zero-order chi connectivity index (χ0) is 10.5. The Labute approximate surface area is 101 Å². The van der Waals surface area contributed by atoms with Crippen molar-refractivity contribution in [3.8, 4) is 0 Å². The number of nitrogens with one attached hydrogen (secondary N) is 1. The van der Waals surface area contributed by atoms with Crippen LogP contribution in [0.5, 0.6) is 0 Å². The Morgan fingerprint density at radius 2 is 2.27 bits per heavy atom. The molecule has 0 amide bonds. The van der Waals surface area contributed by atoms with Crippen LogP contribution in [0.2, 0.25) is 5.02 Å². The molecule has 1 aromatic carbocycles. The molecule has 0 radical (unpaired) electrons. The number of rotatable bonds is 4. The summed E-state index contributed by atoms with van der Waals surface area (Å²) in [6.07, 6.45) is 2.66. The Morgan fingerprint density at radius 1 is 1.40 bits per heavy atom. The lowest BCUT2D eigenvalue weighted by Crippen LogP contribution is -2.23. The summed E-state index contributed by atoms with van der Waals surface area (Å²) in [5.41, 5.74) is 1.25. The first-order valence-electron chi connectivity index (χ1n) is 5.41. The van der Waals surface area contributed by atoms with Gasteiger partial charge < -0.3 is 5.32 Å². The second-order valence-corrected chi connectivity index (χ2v) is 5.34. The first-order valence-corrected chi connectivity index (χ1v) is 6.94. The summed E-state index contributed by atoms with van der Waals surface area (Å²) in [7, 11) is 0. The normalized spacial score (nSPS) is 20.7. The zero-order valence-corrected chi connectivity index (χ0v) is 10.3. The van der Waals surface area contributed by atoms with E-state index in [4.69, 9.17) is 11.6 Å². The van der Waals surface area contributed by atoms with Gasteiger partial charge in [-0.3, -0.25) is 0 Å². The summed E-state index contributed by atoms with van der Waals surface area (Å²) in [6, 6.07) is 8.82. The van der Waals surface area contributed by atoms with E-state index in [1.165, 1.54) is 30.7 Å². The number of benzene rings is 1. The third kappa shape index (κ3) is 3.40. The molecular weight excluding hydrogens is 226 g/mol. The number of thioether (sulfide) groups is 1. The Morgan fingerprint density at radius 3 is 3.00 bits per heavy atom. The van der Waals surface area contributed by atoms with Crippen LogP contribution in [0.1, 0.15) is 18.4 Å². The van der Waals surface area contributed by atoms with Gasteiger partial charge in [-0.2, -0.15) is 11.8 Å². The highest BCUT2D eigenvalue weighted by Gasteiger charge is 2.13. The van der Waals surface area contributed by atoms with Gasteiger partial charge in [0.25, 0.3) is 0 Å². The standard InChI is InChI=1S/C12H16ClNS/c13-12-6-2-1-4-10(12)8-15-9-11-5-3-7-14-11/h1-2,4,6,11,14H,3,5,7-9H2/t11-/m0/s1. The van der Waals surface area contributed by atoms with Gasteiger partial charge in [-0.1, -0.05) is 29.8 Å². The molecule has 1 aliphatic heterocycles. The van der Waals surface area contributed by atoms with E-state index in [9.17, 15) is 0 Å². The third-order valence-corrected chi connectivity index (χ3v) is 4.22. The van der Waals surface area contributed by atoms with E-state index in [2.05, 4.69) is 17.4 Å². The monoisotopic (exact) mass is 241 g/mol. The van der Waals surface area contributed by atoms with Crippen molar-refractivity contribution in [3.63, 3.8) is 0 Å². The summed E-state index contributed by atoms with van der Waals surface area (Å²) >= 11 is 8.06. The Bertz CT molecular complexity index is 310. The minimum Gasteiger partial charge on any atom is -0.313 e. The van der Waals surface area contributed by atoms with Crippen LogP contribution in [0.4, 0.5) is 0 Å². The predicted octanol–water partition coefficient (Wildman–Crippen LogP) is 3.33. The number of halogens is 1. The second kappa shape index (κ2) is 5.78. The SMILES string of the molecule is Clc1ccccc1CSC[C@@H]1CCCN1. The molecule has 0 aromatic heterocycles. The molecule has 2 rings (SSSR count). The van der Waals surface area contributed by atoms with Crippen LogP contribution < -0.4 is 5.32 Å². The molecule has 0 unspecified atom stereocenters. The van der Waals surface area contributed by atoms with Crippen molar-refractivity contribution < 1.29 is 0 Å². The van der Waals surface area contributed by atoms with E-state index in [-0.39, 0.29) is 0 Å². The van der Waals surface area contributed by atoms with Crippen LogP contribution in [-0.2, 0) is 5.75 Å². The fourth-order valence-corrected chi connectivity index (χ4v) is 3.27. The van der Waals surface area contributed by atoms with E-state index in [0.717, 1.165) is 16.8 Å². The molecule has 1 saturated heterocycles. The van der Waals surface area contributed by atoms with Crippen LogP contribution in [0.25, 0.3) is 0 Å². The van der Waals surface area contributed by atoms with Crippen molar-refractivity contribution in [3.05, 3.63) is 34.9 Å². The lowest BCUT2D eigenvalue weighted by molar-refractivity contribution is 0.674. The molecule has 1 heterocycles. The highest BCUT2D eigenvalue weighted by atomic mass is 35.5. The molecule has 82 valence electrons. The van der Waals surface area contributed by atoms with E-state index in [1.54, 1.807) is 0 Å². The van der Waals surface area contributed by atoms with Crippen molar-refractivity contribution in [2.75, 3.05) is 12.3 Å². The lowest BCUT2D eigenvalue weighted by Gasteiger charge is -2.09. The van der Waals surface area contributed by atoms with Crippen LogP contribution >= 0.6 is 23.4 Å². The molecule has 1 N–H and O–H groups in total. The van der Waals surface area contributed by atoms with Gasteiger partial charge >= 0.3 is 0 Å². The summed E-state index contributed by atoms with van der Waals surface area (Å²) in [6.45, 7) is 1.19. The van der Waals surface area contributed by atoms with Gasteiger partial charge in [-0.25, -0.2) is 0 Å². The molecule has 1 aliphatic rings. The van der Waals surface area contributed by atoms with E-state index in [0.29, 0.717) is 0 Å². The average molecular weight is 242 g/mol. The molecule has 1 atom stereocenters. The van der Waals surface area contributed by atoms with E-state index < -0.39 is 0 Å². The summed E-state index contributed by atoms with van der Waals surface area (Å²) in [5, 5.41) is 4.40. The highest BCUT2D eigenvalue weighted by Crippen LogP contribution is 2.22. The molecule has 0 bridgehead atoms. The predicted molar refractivity (Wildman–Crippen MR) is 68.6 cm³/mol. The maximum Gasteiger partial charge on any atom is 0.0446 e. The smallest absolute Gasteiger partial charge is 0.0446 e. The Balaban J connectivity index is 1.75. The van der Waals surface area contributed by atoms with Crippen molar-refractivity contribution in [2.45, 2.75) is 24.6 Å². The molecule has 0 aliphatic carbocycles. The topological polar surface area (TPSA) is 12.0 Å². The summed E-state index contributed by atoms with van der Waals surface area (Å²) in [5.74, 6) is 2.23. The van der Waals surface area contributed by atoms with Gasteiger partial charge in [0.05, 0.1) is 0 Å². The first kappa shape index (κ1) is 11.3. The number of hydrogen-bond acceptors (Lipinski definition) is 2. The van der Waals surface area contributed by atoms with E-state index >= 15 is 0 Å². The largest absolute Gasteiger partial charge is 0.313 e. The molecule has 1 aromatic rings. The molecular formula is C12H16ClNS. The van der Waals surface area contributed by atoms with Crippen molar-refractivity contribution in [2.24, 2.45) is 0 Å². The zero-order valence-electron chi connectivity index (χ0n) is 8.71. The first-order chi connectivity index (χ1) is 7.36.